The van der Waals surface area contributed by atoms with E-state index < -0.39 is 0 Å². The van der Waals surface area contributed by atoms with Crippen LogP contribution in [0, 0.1) is 0 Å². The van der Waals surface area contributed by atoms with E-state index in [1.54, 1.807) is 13.4 Å². The van der Waals surface area contributed by atoms with Crippen LogP contribution in [-0.4, -0.2) is 44.6 Å². The summed E-state index contributed by atoms with van der Waals surface area (Å²) in [5, 5.41) is 18.3. The molecule has 1 aliphatic rings. The number of fused-ring (bicyclic) bond motifs is 1. The molecule has 130 valence electrons. The van der Waals surface area contributed by atoms with Gasteiger partial charge in [-0.1, -0.05) is 0 Å². The number of carbonyl (C=O) groups is 1. The summed E-state index contributed by atoms with van der Waals surface area (Å²) < 4.78 is 7.02. The van der Waals surface area contributed by atoms with Gasteiger partial charge in [-0.05, 0) is 39.0 Å². The lowest BCUT2D eigenvalue weighted by Gasteiger charge is -2.15. The molecule has 1 atom stereocenters. The smallest absolute Gasteiger partial charge is 0.272 e. The fraction of sp³-hybridized carbons (Fsp3) is 0.625. The number of carbonyl (C=O) groups excluding carboxylic acids is 1. The molecule has 3 rings (SSSR count). The Bertz CT molecular complexity index is 693. The molecule has 2 aromatic heterocycles. The number of nitrogens with one attached hydrogen (secondary N) is 2. The molecule has 1 amide bonds. The number of hydrogen-bond acceptors (Lipinski definition) is 5. The van der Waals surface area contributed by atoms with Crippen molar-refractivity contribution in [3.8, 4) is 0 Å². The van der Waals surface area contributed by atoms with E-state index in [4.69, 9.17) is 4.74 Å². The van der Waals surface area contributed by atoms with Gasteiger partial charge in [-0.15, -0.1) is 10.2 Å². The van der Waals surface area contributed by atoms with Crippen LogP contribution in [0.25, 0.3) is 0 Å². The number of aromatic amines is 1. The van der Waals surface area contributed by atoms with Crippen molar-refractivity contribution in [1.82, 2.24) is 30.3 Å². The van der Waals surface area contributed by atoms with E-state index in [2.05, 4.69) is 25.7 Å². The molecule has 0 aliphatic heterocycles. The van der Waals surface area contributed by atoms with Crippen LogP contribution in [0.5, 0.6) is 0 Å². The molecular weight excluding hydrogens is 308 g/mol. The van der Waals surface area contributed by atoms with Crippen molar-refractivity contribution in [2.24, 2.45) is 0 Å². The second-order valence-electron chi connectivity index (χ2n) is 6.16. The summed E-state index contributed by atoms with van der Waals surface area (Å²) in [5.41, 5.74) is 2.68. The summed E-state index contributed by atoms with van der Waals surface area (Å²) in [5.74, 6) is 0.581. The first-order chi connectivity index (χ1) is 11.7. The maximum absolute atomic E-state index is 12.6. The van der Waals surface area contributed by atoms with Crippen LogP contribution in [0.2, 0.25) is 0 Å². The van der Waals surface area contributed by atoms with E-state index in [-0.39, 0.29) is 11.9 Å². The second kappa shape index (κ2) is 7.57. The number of amides is 1. The zero-order valence-electron chi connectivity index (χ0n) is 14.2. The van der Waals surface area contributed by atoms with E-state index in [9.17, 15) is 4.79 Å². The van der Waals surface area contributed by atoms with Crippen molar-refractivity contribution in [2.75, 3.05) is 13.7 Å². The summed E-state index contributed by atoms with van der Waals surface area (Å²) in [4.78, 5) is 12.6. The standard InChI is InChI=1S/C16H24N6O2/c1-11(15-21-17-10-22(15)8-5-9-24-2)18-16(23)14-12-6-3-4-7-13(12)19-20-14/h10-11H,3-9H2,1-2H3,(H,18,23)(H,19,20)/t11-/m0/s1. The molecule has 2 heterocycles. The van der Waals surface area contributed by atoms with E-state index in [0.29, 0.717) is 12.3 Å². The van der Waals surface area contributed by atoms with Crippen molar-refractivity contribution >= 4 is 5.91 Å². The van der Waals surface area contributed by atoms with Crippen LogP contribution in [0.4, 0.5) is 0 Å². The molecule has 0 aromatic carbocycles. The zero-order valence-corrected chi connectivity index (χ0v) is 14.2. The topological polar surface area (TPSA) is 97.7 Å². The molecule has 1 aliphatic carbocycles. The predicted molar refractivity (Wildman–Crippen MR) is 87.6 cm³/mol. The van der Waals surface area contributed by atoms with Gasteiger partial charge in [0.1, 0.15) is 6.33 Å². The molecule has 8 heteroatoms. The van der Waals surface area contributed by atoms with Crippen LogP contribution in [0.3, 0.4) is 0 Å². The minimum Gasteiger partial charge on any atom is -0.385 e. The first-order valence-corrected chi connectivity index (χ1v) is 8.44. The number of H-pyrrole nitrogens is 1. The van der Waals surface area contributed by atoms with Gasteiger partial charge in [0.05, 0.1) is 6.04 Å². The number of hydrogen-bond donors (Lipinski definition) is 2. The van der Waals surface area contributed by atoms with E-state index in [1.165, 1.54) is 0 Å². The Kier molecular flexibility index (Phi) is 5.24. The molecule has 2 N–H and O–H groups in total. The number of nitrogens with zero attached hydrogens (tertiary/aromatic N) is 4. The Morgan fingerprint density at radius 1 is 1.46 bits per heavy atom. The van der Waals surface area contributed by atoms with Crippen LogP contribution in [-0.2, 0) is 24.1 Å². The lowest BCUT2D eigenvalue weighted by molar-refractivity contribution is 0.0931. The molecular formula is C16H24N6O2. The van der Waals surface area contributed by atoms with Crippen molar-refractivity contribution in [1.29, 1.82) is 0 Å². The van der Waals surface area contributed by atoms with E-state index in [1.807, 2.05) is 11.5 Å². The van der Waals surface area contributed by atoms with Crippen molar-refractivity contribution in [3.63, 3.8) is 0 Å². The van der Waals surface area contributed by atoms with Gasteiger partial charge in [0.25, 0.3) is 5.91 Å². The van der Waals surface area contributed by atoms with Crippen molar-refractivity contribution in [2.45, 2.75) is 51.6 Å². The number of rotatable bonds is 7. The lowest BCUT2D eigenvalue weighted by Crippen LogP contribution is -2.30. The molecule has 0 unspecified atom stereocenters. The number of aromatic nitrogens is 5. The van der Waals surface area contributed by atoms with Gasteiger partial charge >= 0.3 is 0 Å². The SMILES string of the molecule is COCCCn1cnnc1[C@H](C)NC(=O)c1n[nH]c2c1CCCC2. The van der Waals surface area contributed by atoms with Gasteiger partial charge < -0.3 is 14.6 Å². The highest BCUT2D eigenvalue weighted by Crippen LogP contribution is 2.22. The fourth-order valence-corrected chi connectivity index (χ4v) is 3.15. The summed E-state index contributed by atoms with van der Waals surface area (Å²) in [6.07, 6.45) is 6.70. The molecule has 8 nitrogen and oxygen atoms in total. The Morgan fingerprint density at radius 2 is 2.29 bits per heavy atom. The average Bonchev–Trinajstić information content (AvgIpc) is 3.21. The van der Waals surface area contributed by atoms with E-state index >= 15 is 0 Å². The summed E-state index contributed by atoms with van der Waals surface area (Å²) in [6.45, 7) is 3.35. The highest BCUT2D eigenvalue weighted by atomic mass is 16.5. The molecule has 0 radical (unpaired) electrons. The molecule has 0 spiro atoms. The normalized spacial score (nSPS) is 15.1. The fourth-order valence-electron chi connectivity index (χ4n) is 3.15. The second-order valence-corrected chi connectivity index (χ2v) is 6.16. The monoisotopic (exact) mass is 332 g/mol. The first-order valence-electron chi connectivity index (χ1n) is 8.44. The van der Waals surface area contributed by atoms with Crippen LogP contribution in [0.15, 0.2) is 6.33 Å². The predicted octanol–water partition coefficient (Wildman–Crippen LogP) is 1.41. The minimum atomic E-state index is -0.238. The third-order valence-corrected chi connectivity index (χ3v) is 4.40. The Hall–Kier alpha value is -2.22. The lowest BCUT2D eigenvalue weighted by atomic mass is 9.95. The van der Waals surface area contributed by atoms with Crippen LogP contribution in [0.1, 0.15) is 59.8 Å². The summed E-state index contributed by atoms with van der Waals surface area (Å²) in [6, 6.07) is -0.238. The van der Waals surface area contributed by atoms with Gasteiger partial charge in [-0.25, -0.2) is 0 Å². The number of methoxy groups -OCH3 is 1. The highest BCUT2D eigenvalue weighted by Gasteiger charge is 2.24. The van der Waals surface area contributed by atoms with Gasteiger partial charge in [0, 0.05) is 31.5 Å². The molecule has 24 heavy (non-hydrogen) atoms. The third kappa shape index (κ3) is 3.48. The molecule has 2 aromatic rings. The first kappa shape index (κ1) is 16.6. The summed E-state index contributed by atoms with van der Waals surface area (Å²) >= 11 is 0. The van der Waals surface area contributed by atoms with Gasteiger partial charge in [0.15, 0.2) is 11.5 Å². The molecule has 0 fully saturated rings. The minimum absolute atomic E-state index is 0.159. The van der Waals surface area contributed by atoms with Crippen LogP contribution >= 0.6 is 0 Å². The zero-order chi connectivity index (χ0) is 16.9. The Balaban J connectivity index is 1.66. The van der Waals surface area contributed by atoms with Gasteiger partial charge in [0.2, 0.25) is 0 Å². The maximum atomic E-state index is 12.6. The van der Waals surface area contributed by atoms with Gasteiger partial charge in [-0.2, -0.15) is 5.10 Å². The van der Waals surface area contributed by atoms with Crippen molar-refractivity contribution in [3.05, 3.63) is 29.1 Å². The Morgan fingerprint density at radius 3 is 3.12 bits per heavy atom. The molecule has 0 saturated heterocycles. The number of aryl methyl sites for hydroxylation is 2. The highest BCUT2D eigenvalue weighted by molar-refractivity contribution is 5.94. The molecule has 0 bridgehead atoms. The maximum Gasteiger partial charge on any atom is 0.272 e. The summed E-state index contributed by atoms with van der Waals surface area (Å²) in [7, 11) is 1.68. The largest absolute Gasteiger partial charge is 0.385 e. The molecule has 0 saturated carbocycles. The quantitative estimate of drug-likeness (QED) is 0.747. The van der Waals surface area contributed by atoms with Crippen molar-refractivity contribution < 1.29 is 9.53 Å². The van der Waals surface area contributed by atoms with Crippen LogP contribution < -0.4 is 5.32 Å². The third-order valence-electron chi connectivity index (χ3n) is 4.40. The van der Waals surface area contributed by atoms with Gasteiger partial charge in [-0.3, -0.25) is 9.89 Å². The Labute approximate surface area is 141 Å². The number of ether oxygens (including phenoxy) is 1. The average molecular weight is 332 g/mol. The van der Waals surface area contributed by atoms with E-state index in [0.717, 1.165) is 55.7 Å².